The highest BCUT2D eigenvalue weighted by molar-refractivity contribution is 5.86. The standard InChI is InChI=1S/C13H17NO4/c1-2-8-18-13(17)14-11-5-3-4-10(9-11)6-7-12(15)16/h2,10-11H,1,3-5,8-9H2,(H,14,17)(H,15,16)/t10-,11-/m0/s1. The van der Waals surface area contributed by atoms with Crippen molar-refractivity contribution in [3.63, 3.8) is 0 Å². The van der Waals surface area contributed by atoms with E-state index in [1.54, 1.807) is 0 Å². The van der Waals surface area contributed by atoms with E-state index in [2.05, 4.69) is 23.7 Å². The molecule has 0 spiro atoms. The lowest BCUT2D eigenvalue weighted by Crippen LogP contribution is -2.38. The summed E-state index contributed by atoms with van der Waals surface area (Å²) in [7, 11) is 0. The Bertz CT molecular complexity index is 380. The predicted molar refractivity (Wildman–Crippen MR) is 65.8 cm³/mol. The second kappa shape index (κ2) is 7.38. The van der Waals surface area contributed by atoms with Crippen LogP contribution in [0.3, 0.4) is 0 Å². The summed E-state index contributed by atoms with van der Waals surface area (Å²) in [6.45, 7) is 3.63. The van der Waals surface area contributed by atoms with Gasteiger partial charge in [0.15, 0.2) is 0 Å². The summed E-state index contributed by atoms with van der Waals surface area (Å²) in [5.41, 5.74) is 0. The fraction of sp³-hybridized carbons (Fsp3) is 0.538. The molecular weight excluding hydrogens is 234 g/mol. The lowest BCUT2D eigenvalue weighted by molar-refractivity contribution is -0.130. The molecule has 1 aliphatic rings. The van der Waals surface area contributed by atoms with Gasteiger partial charge in [-0.15, -0.1) is 0 Å². The van der Waals surface area contributed by atoms with E-state index in [1.807, 2.05) is 0 Å². The summed E-state index contributed by atoms with van der Waals surface area (Å²) in [4.78, 5) is 21.7. The van der Waals surface area contributed by atoms with E-state index in [-0.39, 0.29) is 18.6 Å². The minimum atomic E-state index is -1.12. The molecule has 18 heavy (non-hydrogen) atoms. The van der Waals surface area contributed by atoms with Crippen LogP contribution in [0.5, 0.6) is 0 Å². The summed E-state index contributed by atoms with van der Waals surface area (Å²) in [5.74, 6) is 3.75. The number of carbonyl (C=O) groups is 2. The van der Waals surface area contributed by atoms with Gasteiger partial charge in [-0.1, -0.05) is 25.0 Å². The second-order valence-corrected chi connectivity index (χ2v) is 4.17. The summed E-state index contributed by atoms with van der Waals surface area (Å²) in [5, 5.41) is 11.2. The van der Waals surface area contributed by atoms with E-state index in [9.17, 15) is 9.59 Å². The van der Waals surface area contributed by atoms with Crippen molar-refractivity contribution in [2.75, 3.05) is 6.61 Å². The molecule has 2 N–H and O–H groups in total. The maximum atomic E-state index is 11.3. The van der Waals surface area contributed by atoms with Crippen molar-refractivity contribution in [2.24, 2.45) is 5.92 Å². The molecule has 1 aliphatic carbocycles. The van der Waals surface area contributed by atoms with E-state index in [0.29, 0.717) is 6.42 Å². The van der Waals surface area contributed by atoms with E-state index in [4.69, 9.17) is 9.84 Å². The van der Waals surface area contributed by atoms with E-state index in [1.165, 1.54) is 6.08 Å². The Kier molecular flexibility index (Phi) is 5.78. The first-order valence-electron chi connectivity index (χ1n) is 5.90. The van der Waals surface area contributed by atoms with Gasteiger partial charge in [0.2, 0.25) is 0 Å². The normalized spacial score (nSPS) is 22.2. The van der Waals surface area contributed by atoms with E-state index < -0.39 is 12.1 Å². The fourth-order valence-corrected chi connectivity index (χ4v) is 1.96. The number of ether oxygens (including phenoxy) is 1. The number of alkyl carbamates (subject to hydrolysis) is 1. The average Bonchev–Trinajstić information content (AvgIpc) is 2.34. The zero-order valence-corrected chi connectivity index (χ0v) is 10.1. The molecular formula is C13H17NO4. The maximum absolute atomic E-state index is 11.3. The van der Waals surface area contributed by atoms with Crippen molar-refractivity contribution in [1.29, 1.82) is 0 Å². The molecule has 0 saturated heterocycles. The number of carboxylic acid groups (broad SMARTS) is 1. The SMILES string of the molecule is C=CCOC(=O)N[C@H]1CCC[C@@H](C#CC(=O)O)C1. The Morgan fingerprint density at radius 3 is 2.94 bits per heavy atom. The number of rotatable bonds is 3. The summed E-state index contributed by atoms with van der Waals surface area (Å²) >= 11 is 0. The van der Waals surface area contributed by atoms with Gasteiger partial charge >= 0.3 is 12.1 Å². The van der Waals surface area contributed by atoms with Gasteiger partial charge in [-0.2, -0.15) is 0 Å². The smallest absolute Gasteiger partial charge is 0.407 e. The molecule has 1 saturated carbocycles. The van der Waals surface area contributed by atoms with Crippen molar-refractivity contribution < 1.29 is 19.4 Å². The van der Waals surface area contributed by atoms with Crippen LogP contribution >= 0.6 is 0 Å². The molecule has 5 heteroatoms. The van der Waals surface area contributed by atoms with Crippen molar-refractivity contribution in [1.82, 2.24) is 5.32 Å². The number of hydrogen-bond donors (Lipinski definition) is 2. The summed E-state index contributed by atoms with van der Waals surface area (Å²) in [6.07, 6.45) is 4.37. The third-order valence-electron chi connectivity index (χ3n) is 2.71. The Morgan fingerprint density at radius 2 is 2.28 bits per heavy atom. The molecule has 0 aromatic rings. The highest BCUT2D eigenvalue weighted by Crippen LogP contribution is 2.23. The largest absolute Gasteiger partial charge is 0.472 e. The highest BCUT2D eigenvalue weighted by atomic mass is 16.5. The third kappa shape index (κ3) is 5.39. The van der Waals surface area contributed by atoms with Gasteiger partial charge in [-0.3, -0.25) is 0 Å². The molecule has 0 unspecified atom stereocenters. The Morgan fingerprint density at radius 1 is 1.50 bits per heavy atom. The van der Waals surface area contributed by atoms with E-state index in [0.717, 1.165) is 19.3 Å². The van der Waals surface area contributed by atoms with Crippen LogP contribution in [0.1, 0.15) is 25.7 Å². The van der Waals surface area contributed by atoms with Crippen molar-refractivity contribution in [2.45, 2.75) is 31.7 Å². The first-order chi connectivity index (χ1) is 8.61. The first-order valence-corrected chi connectivity index (χ1v) is 5.90. The van der Waals surface area contributed by atoms with Gasteiger partial charge in [0.1, 0.15) is 6.61 Å². The van der Waals surface area contributed by atoms with Crippen molar-refractivity contribution in [3.05, 3.63) is 12.7 Å². The Labute approximate surface area is 106 Å². The number of nitrogens with one attached hydrogen (secondary N) is 1. The molecule has 1 amide bonds. The molecule has 2 atom stereocenters. The quantitative estimate of drug-likeness (QED) is 0.589. The molecule has 1 rings (SSSR count). The molecule has 0 aliphatic heterocycles. The lowest BCUT2D eigenvalue weighted by Gasteiger charge is -2.26. The molecule has 5 nitrogen and oxygen atoms in total. The molecule has 1 fully saturated rings. The molecule has 0 radical (unpaired) electrons. The van der Waals surface area contributed by atoms with Gasteiger partial charge in [0.05, 0.1) is 0 Å². The van der Waals surface area contributed by atoms with Gasteiger partial charge in [-0.05, 0) is 19.3 Å². The Hall–Kier alpha value is -1.96. The average molecular weight is 251 g/mol. The second-order valence-electron chi connectivity index (χ2n) is 4.17. The number of hydrogen-bond acceptors (Lipinski definition) is 3. The van der Waals surface area contributed by atoms with Crippen LogP contribution < -0.4 is 5.32 Å². The van der Waals surface area contributed by atoms with Crippen LogP contribution in [0.15, 0.2) is 12.7 Å². The zero-order valence-electron chi connectivity index (χ0n) is 10.1. The molecule has 98 valence electrons. The topological polar surface area (TPSA) is 75.6 Å². The van der Waals surface area contributed by atoms with Crippen LogP contribution in [-0.2, 0) is 9.53 Å². The maximum Gasteiger partial charge on any atom is 0.407 e. The van der Waals surface area contributed by atoms with Crippen LogP contribution in [0, 0.1) is 17.8 Å². The lowest BCUT2D eigenvalue weighted by atomic mass is 9.86. The van der Waals surface area contributed by atoms with Gasteiger partial charge in [0.25, 0.3) is 0 Å². The zero-order chi connectivity index (χ0) is 13.4. The van der Waals surface area contributed by atoms with Gasteiger partial charge < -0.3 is 15.2 Å². The van der Waals surface area contributed by atoms with Crippen LogP contribution in [0.2, 0.25) is 0 Å². The predicted octanol–water partition coefficient (Wildman–Crippen LogP) is 1.55. The number of carbonyl (C=O) groups excluding carboxylic acids is 1. The fourth-order valence-electron chi connectivity index (χ4n) is 1.96. The van der Waals surface area contributed by atoms with Crippen LogP contribution in [0.4, 0.5) is 4.79 Å². The molecule has 0 bridgehead atoms. The number of aliphatic carboxylic acids is 1. The van der Waals surface area contributed by atoms with Crippen LogP contribution in [0.25, 0.3) is 0 Å². The van der Waals surface area contributed by atoms with Gasteiger partial charge in [0, 0.05) is 17.9 Å². The minimum absolute atomic E-state index is 0.00385. The highest BCUT2D eigenvalue weighted by Gasteiger charge is 2.22. The summed E-state index contributed by atoms with van der Waals surface area (Å²) < 4.78 is 4.83. The van der Waals surface area contributed by atoms with E-state index >= 15 is 0 Å². The molecule has 0 aromatic heterocycles. The third-order valence-corrected chi connectivity index (χ3v) is 2.71. The monoisotopic (exact) mass is 251 g/mol. The summed E-state index contributed by atoms with van der Waals surface area (Å²) in [6, 6.07) is 0.00385. The van der Waals surface area contributed by atoms with Gasteiger partial charge in [-0.25, -0.2) is 9.59 Å². The molecule has 0 heterocycles. The Balaban J connectivity index is 2.39. The minimum Gasteiger partial charge on any atom is -0.472 e. The number of amides is 1. The van der Waals surface area contributed by atoms with Crippen molar-refractivity contribution in [3.8, 4) is 11.8 Å². The van der Waals surface area contributed by atoms with Crippen molar-refractivity contribution >= 4 is 12.1 Å². The first kappa shape index (κ1) is 14.1. The van der Waals surface area contributed by atoms with Crippen LogP contribution in [-0.4, -0.2) is 29.8 Å². The molecule has 0 aromatic carbocycles. The number of carboxylic acids is 1.